The highest BCUT2D eigenvalue weighted by atomic mass is 19.1. The molecule has 0 bridgehead atoms. The summed E-state index contributed by atoms with van der Waals surface area (Å²) < 4.78 is 12.8. The number of hydrogen-bond acceptors (Lipinski definition) is 2. The van der Waals surface area contributed by atoms with E-state index in [0.717, 1.165) is 5.56 Å². The molecule has 0 fully saturated rings. The number of benzene rings is 1. The van der Waals surface area contributed by atoms with Gasteiger partial charge in [0.2, 0.25) is 0 Å². The Morgan fingerprint density at radius 1 is 1.50 bits per heavy atom. The summed E-state index contributed by atoms with van der Waals surface area (Å²) in [5, 5.41) is 10.1. The molecule has 14 heavy (non-hydrogen) atoms. The van der Waals surface area contributed by atoms with Crippen molar-refractivity contribution in [3.8, 4) is 0 Å². The highest BCUT2D eigenvalue weighted by Crippen LogP contribution is 2.26. The zero-order valence-electron chi connectivity index (χ0n) is 8.55. The van der Waals surface area contributed by atoms with E-state index in [-0.39, 0.29) is 12.4 Å². The normalized spacial score (nSPS) is 15.2. The van der Waals surface area contributed by atoms with Crippen LogP contribution in [0.3, 0.4) is 0 Å². The molecule has 0 radical (unpaired) electrons. The lowest BCUT2D eigenvalue weighted by molar-refractivity contribution is 0.0412. The van der Waals surface area contributed by atoms with Crippen molar-refractivity contribution in [2.45, 2.75) is 25.9 Å². The summed E-state index contributed by atoms with van der Waals surface area (Å²) in [6.07, 6.45) is 0.524. The molecule has 1 rings (SSSR count). The van der Waals surface area contributed by atoms with Crippen LogP contribution in [0.25, 0.3) is 0 Å². The Bertz CT molecular complexity index is 321. The maximum Gasteiger partial charge on any atom is 0.123 e. The monoisotopic (exact) mass is 197 g/mol. The fourth-order valence-electron chi connectivity index (χ4n) is 1.59. The molecule has 0 aliphatic carbocycles. The zero-order valence-corrected chi connectivity index (χ0v) is 8.55. The number of aliphatic hydroxyl groups is 1. The lowest BCUT2D eigenvalue weighted by atomic mass is 9.88. The Morgan fingerprint density at radius 3 is 2.57 bits per heavy atom. The van der Waals surface area contributed by atoms with E-state index < -0.39 is 5.60 Å². The second kappa shape index (κ2) is 4.07. The maximum atomic E-state index is 12.8. The van der Waals surface area contributed by atoms with Crippen molar-refractivity contribution in [1.82, 2.24) is 0 Å². The third-order valence-corrected chi connectivity index (χ3v) is 2.61. The van der Waals surface area contributed by atoms with Crippen molar-refractivity contribution in [3.05, 3.63) is 35.1 Å². The van der Waals surface area contributed by atoms with Gasteiger partial charge in [0.05, 0.1) is 0 Å². The smallest absolute Gasteiger partial charge is 0.123 e. The molecule has 1 atom stereocenters. The standard InChI is InChI=1S/C11H16FNO/c1-3-11(14,7-13)10-5-4-9(12)6-8(10)2/h4-6,14H,3,7,13H2,1-2H3. The van der Waals surface area contributed by atoms with Crippen LogP contribution in [-0.2, 0) is 5.60 Å². The second-order valence-electron chi connectivity index (χ2n) is 3.55. The van der Waals surface area contributed by atoms with Crippen molar-refractivity contribution in [3.63, 3.8) is 0 Å². The molecule has 0 saturated carbocycles. The Kier molecular flexibility index (Phi) is 3.24. The minimum absolute atomic E-state index is 0.149. The summed E-state index contributed by atoms with van der Waals surface area (Å²) in [5.41, 5.74) is 5.93. The largest absolute Gasteiger partial charge is 0.384 e. The molecule has 3 N–H and O–H groups in total. The van der Waals surface area contributed by atoms with Crippen LogP contribution in [0.1, 0.15) is 24.5 Å². The van der Waals surface area contributed by atoms with Crippen LogP contribution >= 0.6 is 0 Å². The number of hydrogen-bond donors (Lipinski definition) is 2. The number of aryl methyl sites for hydroxylation is 1. The van der Waals surface area contributed by atoms with Gasteiger partial charge in [-0.05, 0) is 36.6 Å². The average Bonchev–Trinajstić information content (AvgIpc) is 2.17. The average molecular weight is 197 g/mol. The second-order valence-corrected chi connectivity index (χ2v) is 3.55. The van der Waals surface area contributed by atoms with Gasteiger partial charge in [-0.1, -0.05) is 13.0 Å². The molecule has 1 unspecified atom stereocenters. The van der Waals surface area contributed by atoms with Gasteiger partial charge in [-0.3, -0.25) is 0 Å². The molecule has 0 aromatic heterocycles. The van der Waals surface area contributed by atoms with E-state index in [2.05, 4.69) is 0 Å². The van der Waals surface area contributed by atoms with Gasteiger partial charge < -0.3 is 10.8 Å². The van der Waals surface area contributed by atoms with Gasteiger partial charge >= 0.3 is 0 Å². The van der Waals surface area contributed by atoms with Crippen LogP contribution in [0.2, 0.25) is 0 Å². The molecule has 1 aromatic rings. The van der Waals surface area contributed by atoms with Crippen molar-refractivity contribution in [2.75, 3.05) is 6.54 Å². The Labute approximate surface area is 83.6 Å². The molecule has 0 aliphatic heterocycles. The topological polar surface area (TPSA) is 46.2 Å². The molecule has 0 aliphatic rings. The van der Waals surface area contributed by atoms with Gasteiger partial charge in [0, 0.05) is 6.54 Å². The molecule has 0 spiro atoms. The van der Waals surface area contributed by atoms with Crippen LogP contribution in [0.5, 0.6) is 0 Å². The lowest BCUT2D eigenvalue weighted by Gasteiger charge is -2.27. The van der Waals surface area contributed by atoms with Crippen LogP contribution < -0.4 is 5.73 Å². The zero-order chi connectivity index (χ0) is 10.8. The minimum atomic E-state index is -1.03. The molecule has 1 aromatic carbocycles. The molecule has 0 saturated heterocycles. The van der Waals surface area contributed by atoms with Gasteiger partial charge in [0.1, 0.15) is 11.4 Å². The van der Waals surface area contributed by atoms with Crippen molar-refractivity contribution in [1.29, 1.82) is 0 Å². The molecule has 0 heterocycles. The Hall–Kier alpha value is -0.930. The van der Waals surface area contributed by atoms with Crippen LogP contribution in [0.4, 0.5) is 4.39 Å². The van der Waals surface area contributed by atoms with E-state index >= 15 is 0 Å². The summed E-state index contributed by atoms with van der Waals surface area (Å²) in [6, 6.07) is 4.35. The molecule has 3 heteroatoms. The van der Waals surface area contributed by atoms with E-state index in [1.807, 2.05) is 6.92 Å². The first-order valence-corrected chi connectivity index (χ1v) is 4.72. The van der Waals surface area contributed by atoms with Crippen molar-refractivity contribution < 1.29 is 9.50 Å². The SMILES string of the molecule is CCC(O)(CN)c1ccc(F)cc1C. The molecule has 0 amide bonds. The molecule has 78 valence electrons. The van der Waals surface area contributed by atoms with Gasteiger partial charge in [-0.25, -0.2) is 4.39 Å². The van der Waals surface area contributed by atoms with Gasteiger partial charge in [-0.15, -0.1) is 0 Å². The first-order chi connectivity index (χ1) is 6.53. The summed E-state index contributed by atoms with van der Waals surface area (Å²) >= 11 is 0. The highest BCUT2D eigenvalue weighted by Gasteiger charge is 2.26. The minimum Gasteiger partial charge on any atom is -0.384 e. The van der Waals surface area contributed by atoms with E-state index in [1.165, 1.54) is 12.1 Å². The first-order valence-electron chi connectivity index (χ1n) is 4.72. The van der Waals surface area contributed by atoms with Crippen LogP contribution in [0.15, 0.2) is 18.2 Å². The lowest BCUT2D eigenvalue weighted by Crippen LogP contribution is -2.34. The fraction of sp³-hybridized carbons (Fsp3) is 0.455. The highest BCUT2D eigenvalue weighted by molar-refractivity contribution is 5.32. The van der Waals surface area contributed by atoms with E-state index in [0.29, 0.717) is 12.0 Å². The van der Waals surface area contributed by atoms with Gasteiger partial charge in [0.25, 0.3) is 0 Å². The van der Waals surface area contributed by atoms with Gasteiger partial charge in [0.15, 0.2) is 0 Å². The number of nitrogens with two attached hydrogens (primary N) is 1. The maximum absolute atomic E-state index is 12.8. The quantitative estimate of drug-likeness (QED) is 0.774. The fourth-order valence-corrected chi connectivity index (χ4v) is 1.59. The predicted molar refractivity (Wildman–Crippen MR) is 54.4 cm³/mol. The van der Waals surface area contributed by atoms with Crippen LogP contribution in [0, 0.1) is 12.7 Å². The summed E-state index contributed by atoms with van der Waals surface area (Å²) in [6.45, 7) is 3.78. The van der Waals surface area contributed by atoms with E-state index in [1.54, 1.807) is 13.0 Å². The third kappa shape index (κ3) is 1.94. The van der Waals surface area contributed by atoms with Gasteiger partial charge in [-0.2, -0.15) is 0 Å². The van der Waals surface area contributed by atoms with Crippen LogP contribution in [-0.4, -0.2) is 11.7 Å². The number of halogens is 1. The van der Waals surface area contributed by atoms with E-state index in [9.17, 15) is 9.50 Å². The third-order valence-electron chi connectivity index (χ3n) is 2.61. The Balaban J connectivity index is 3.17. The first kappa shape index (κ1) is 11.1. The summed E-state index contributed by atoms with van der Waals surface area (Å²) in [5.74, 6) is -0.290. The van der Waals surface area contributed by atoms with E-state index in [4.69, 9.17) is 5.73 Å². The molecular formula is C11H16FNO. The van der Waals surface area contributed by atoms with Crippen molar-refractivity contribution >= 4 is 0 Å². The van der Waals surface area contributed by atoms with Crippen molar-refractivity contribution in [2.24, 2.45) is 5.73 Å². The Morgan fingerprint density at radius 2 is 2.14 bits per heavy atom. The number of rotatable bonds is 3. The molecular weight excluding hydrogens is 181 g/mol. The predicted octanol–water partition coefficient (Wildman–Crippen LogP) is 1.69. The molecule has 2 nitrogen and oxygen atoms in total. The summed E-state index contributed by atoms with van der Waals surface area (Å²) in [7, 11) is 0. The summed E-state index contributed by atoms with van der Waals surface area (Å²) in [4.78, 5) is 0.